The van der Waals surface area contributed by atoms with Crippen LogP contribution in [0, 0.1) is 0 Å². The number of carbonyl (C=O) groups excluding carboxylic acids is 2. The van der Waals surface area contributed by atoms with Crippen LogP contribution in [0.2, 0.25) is 5.02 Å². The van der Waals surface area contributed by atoms with Crippen molar-refractivity contribution in [1.29, 1.82) is 0 Å². The molecule has 0 atom stereocenters. The molecule has 0 saturated heterocycles. The van der Waals surface area contributed by atoms with Crippen LogP contribution >= 0.6 is 11.6 Å². The first-order chi connectivity index (χ1) is 10.1. The summed E-state index contributed by atoms with van der Waals surface area (Å²) in [6, 6.07) is 7.37. The van der Waals surface area contributed by atoms with Crippen molar-refractivity contribution < 1.29 is 14.3 Å². The molecule has 0 N–H and O–H groups in total. The molecule has 1 aliphatic carbocycles. The van der Waals surface area contributed by atoms with Crippen LogP contribution in [0.3, 0.4) is 0 Å². The lowest BCUT2D eigenvalue weighted by molar-refractivity contribution is -0.148. The van der Waals surface area contributed by atoms with E-state index in [4.69, 9.17) is 16.3 Å². The fourth-order valence-electron chi connectivity index (χ4n) is 2.72. The maximum Gasteiger partial charge on any atom is 0.325 e. The lowest BCUT2D eigenvalue weighted by Crippen LogP contribution is -2.43. The van der Waals surface area contributed by atoms with Crippen LogP contribution in [0.25, 0.3) is 0 Å². The quantitative estimate of drug-likeness (QED) is 0.786. The zero-order valence-electron chi connectivity index (χ0n) is 12.2. The molecule has 0 bridgehead atoms. The summed E-state index contributed by atoms with van der Waals surface area (Å²) >= 11 is 5.85. The predicted molar refractivity (Wildman–Crippen MR) is 81.1 cm³/mol. The predicted octanol–water partition coefficient (Wildman–Crippen LogP) is 2.83. The molecule has 1 aromatic carbocycles. The fraction of sp³-hybridized carbons (Fsp3) is 0.500. The average Bonchev–Trinajstić information content (AvgIpc) is 3.00. The van der Waals surface area contributed by atoms with Gasteiger partial charge in [-0.1, -0.05) is 36.6 Å². The van der Waals surface area contributed by atoms with Crippen molar-refractivity contribution in [1.82, 2.24) is 4.90 Å². The number of ether oxygens (including phenoxy) is 1. The van der Waals surface area contributed by atoms with Crippen LogP contribution in [-0.4, -0.2) is 36.5 Å². The summed E-state index contributed by atoms with van der Waals surface area (Å²) in [6.45, 7) is 0.0353. The third kappa shape index (κ3) is 4.46. The fourth-order valence-corrected chi connectivity index (χ4v) is 2.84. The molecule has 2 rings (SSSR count). The maximum absolute atomic E-state index is 12.5. The molecule has 1 amide bonds. The molecule has 1 saturated carbocycles. The monoisotopic (exact) mass is 309 g/mol. The molecule has 0 unspecified atom stereocenters. The van der Waals surface area contributed by atoms with Crippen LogP contribution in [0.1, 0.15) is 31.2 Å². The summed E-state index contributed by atoms with van der Waals surface area (Å²) in [5.74, 6) is -0.402. The summed E-state index contributed by atoms with van der Waals surface area (Å²) < 4.78 is 4.71. The van der Waals surface area contributed by atoms with E-state index in [1.807, 2.05) is 12.1 Å². The maximum atomic E-state index is 12.5. The van der Waals surface area contributed by atoms with Gasteiger partial charge in [0, 0.05) is 11.1 Å². The highest BCUT2D eigenvalue weighted by Gasteiger charge is 2.28. The minimum Gasteiger partial charge on any atom is -0.468 e. The number of benzene rings is 1. The van der Waals surface area contributed by atoms with Gasteiger partial charge in [-0.25, -0.2) is 0 Å². The van der Waals surface area contributed by atoms with Crippen LogP contribution in [0.4, 0.5) is 0 Å². The summed E-state index contributed by atoms with van der Waals surface area (Å²) in [4.78, 5) is 25.7. The van der Waals surface area contributed by atoms with Gasteiger partial charge in [0.1, 0.15) is 6.54 Å². The third-order valence-electron chi connectivity index (χ3n) is 3.88. The second-order valence-corrected chi connectivity index (χ2v) is 5.78. The van der Waals surface area contributed by atoms with Crippen molar-refractivity contribution in [3.8, 4) is 0 Å². The summed E-state index contributed by atoms with van der Waals surface area (Å²) in [5, 5.41) is 0.647. The number of esters is 1. The first-order valence-electron chi connectivity index (χ1n) is 7.21. The van der Waals surface area contributed by atoms with Gasteiger partial charge in [-0.2, -0.15) is 0 Å². The van der Waals surface area contributed by atoms with E-state index in [9.17, 15) is 9.59 Å². The highest BCUT2D eigenvalue weighted by Crippen LogP contribution is 2.24. The van der Waals surface area contributed by atoms with E-state index >= 15 is 0 Å². The van der Waals surface area contributed by atoms with Gasteiger partial charge in [0.2, 0.25) is 5.91 Å². The first-order valence-corrected chi connectivity index (χ1v) is 7.58. The first kappa shape index (κ1) is 15.8. The lowest BCUT2D eigenvalue weighted by Gasteiger charge is -2.28. The van der Waals surface area contributed by atoms with E-state index in [1.165, 1.54) is 7.11 Å². The Hall–Kier alpha value is -1.55. The zero-order valence-corrected chi connectivity index (χ0v) is 12.9. The Morgan fingerprint density at radius 3 is 2.43 bits per heavy atom. The van der Waals surface area contributed by atoms with Gasteiger partial charge in [0.05, 0.1) is 13.5 Å². The van der Waals surface area contributed by atoms with Gasteiger partial charge in [-0.15, -0.1) is 0 Å². The second-order valence-electron chi connectivity index (χ2n) is 5.34. The van der Waals surface area contributed by atoms with E-state index in [-0.39, 0.29) is 30.9 Å². The molecule has 21 heavy (non-hydrogen) atoms. The molecule has 0 radical (unpaired) electrons. The molecule has 0 spiro atoms. The number of carbonyl (C=O) groups is 2. The molecule has 4 nitrogen and oxygen atoms in total. The molecule has 1 fully saturated rings. The van der Waals surface area contributed by atoms with Crippen molar-refractivity contribution in [3.63, 3.8) is 0 Å². The topological polar surface area (TPSA) is 46.6 Å². The number of hydrogen-bond acceptors (Lipinski definition) is 3. The molecular weight excluding hydrogens is 290 g/mol. The number of halogens is 1. The lowest BCUT2D eigenvalue weighted by atomic mass is 10.1. The smallest absolute Gasteiger partial charge is 0.325 e. The van der Waals surface area contributed by atoms with Gasteiger partial charge < -0.3 is 9.64 Å². The van der Waals surface area contributed by atoms with Crippen molar-refractivity contribution in [3.05, 3.63) is 34.9 Å². The van der Waals surface area contributed by atoms with Crippen LogP contribution in [0.5, 0.6) is 0 Å². The van der Waals surface area contributed by atoms with E-state index in [0.717, 1.165) is 31.2 Å². The number of amides is 1. The third-order valence-corrected chi connectivity index (χ3v) is 4.13. The normalized spacial score (nSPS) is 15.0. The largest absolute Gasteiger partial charge is 0.468 e. The zero-order chi connectivity index (χ0) is 15.2. The van der Waals surface area contributed by atoms with E-state index in [0.29, 0.717) is 5.02 Å². The van der Waals surface area contributed by atoms with Crippen LogP contribution < -0.4 is 0 Å². The minimum absolute atomic E-state index is 0.0328. The van der Waals surface area contributed by atoms with Crippen molar-refractivity contribution in [2.75, 3.05) is 13.7 Å². The number of nitrogens with zero attached hydrogens (tertiary/aromatic N) is 1. The summed E-state index contributed by atoms with van der Waals surface area (Å²) in [7, 11) is 1.35. The van der Waals surface area contributed by atoms with Gasteiger partial charge in [0.15, 0.2) is 0 Å². The van der Waals surface area contributed by atoms with Gasteiger partial charge in [-0.3, -0.25) is 9.59 Å². The van der Waals surface area contributed by atoms with Crippen LogP contribution in [-0.2, 0) is 20.7 Å². The molecule has 5 heteroatoms. The molecule has 0 aromatic heterocycles. The van der Waals surface area contributed by atoms with Gasteiger partial charge >= 0.3 is 5.97 Å². The Labute approximate surface area is 130 Å². The highest BCUT2D eigenvalue weighted by molar-refractivity contribution is 6.30. The Morgan fingerprint density at radius 1 is 1.24 bits per heavy atom. The average molecular weight is 310 g/mol. The van der Waals surface area contributed by atoms with Gasteiger partial charge in [-0.05, 0) is 30.5 Å². The standard InChI is InChI=1S/C16H20ClNO3/c1-21-16(20)11-18(14-4-2-3-5-14)15(19)10-12-6-8-13(17)9-7-12/h6-9,14H,2-5,10-11H2,1H3. The summed E-state index contributed by atoms with van der Waals surface area (Å²) in [5.41, 5.74) is 0.900. The van der Waals surface area contributed by atoms with E-state index in [2.05, 4.69) is 0 Å². The molecule has 1 aromatic rings. The van der Waals surface area contributed by atoms with Gasteiger partial charge in [0.25, 0.3) is 0 Å². The molecule has 114 valence electrons. The minimum atomic E-state index is -0.369. The SMILES string of the molecule is COC(=O)CN(C(=O)Cc1ccc(Cl)cc1)C1CCCC1. The number of methoxy groups -OCH3 is 1. The molecule has 0 aliphatic heterocycles. The van der Waals surface area contributed by atoms with Crippen molar-refractivity contribution in [2.24, 2.45) is 0 Å². The van der Waals surface area contributed by atoms with Crippen LogP contribution in [0.15, 0.2) is 24.3 Å². The molecule has 0 heterocycles. The Kier molecular flexibility index (Phi) is 5.62. The molecule has 1 aliphatic rings. The second kappa shape index (κ2) is 7.46. The Morgan fingerprint density at radius 2 is 1.86 bits per heavy atom. The van der Waals surface area contributed by atoms with E-state index < -0.39 is 0 Å². The number of rotatable bonds is 5. The van der Waals surface area contributed by atoms with E-state index in [1.54, 1.807) is 17.0 Å². The van der Waals surface area contributed by atoms with Crippen molar-refractivity contribution in [2.45, 2.75) is 38.1 Å². The highest BCUT2D eigenvalue weighted by atomic mass is 35.5. The summed E-state index contributed by atoms with van der Waals surface area (Å²) in [6.07, 6.45) is 4.42. The number of hydrogen-bond donors (Lipinski definition) is 0. The Bertz CT molecular complexity index is 495. The molecular formula is C16H20ClNO3. The van der Waals surface area contributed by atoms with Crippen molar-refractivity contribution >= 4 is 23.5 Å². The Balaban J connectivity index is 2.05.